The number of amides is 1. The largest absolute Gasteiger partial charge is 0.321 e. The zero-order chi connectivity index (χ0) is 25.8. The number of hydrogen-bond acceptors (Lipinski definition) is 5. The van der Waals surface area contributed by atoms with E-state index in [2.05, 4.69) is 27.1 Å². The summed E-state index contributed by atoms with van der Waals surface area (Å²) in [5.41, 5.74) is 4.26. The van der Waals surface area contributed by atoms with Crippen molar-refractivity contribution in [3.63, 3.8) is 0 Å². The van der Waals surface area contributed by atoms with Crippen molar-refractivity contribution in [3.05, 3.63) is 120 Å². The van der Waals surface area contributed by atoms with Gasteiger partial charge in [-0.25, -0.2) is 4.68 Å². The van der Waals surface area contributed by atoms with E-state index in [1.165, 1.54) is 0 Å². The first-order valence-corrected chi connectivity index (χ1v) is 11.7. The molecule has 5 rings (SSSR count). The van der Waals surface area contributed by atoms with E-state index in [0.29, 0.717) is 29.1 Å². The molecule has 1 N–H and O–H groups in total. The number of rotatable bonds is 8. The Morgan fingerprint density at radius 3 is 2.70 bits per heavy atom. The number of pyridine rings is 1. The van der Waals surface area contributed by atoms with Crippen LogP contribution in [-0.2, 0) is 6.54 Å². The number of nitrogens with one attached hydrogen (secondary N) is 1. The molecule has 0 bridgehead atoms. The van der Waals surface area contributed by atoms with E-state index < -0.39 is 0 Å². The number of hydrogen-bond donors (Lipinski definition) is 1. The van der Waals surface area contributed by atoms with Crippen molar-refractivity contribution in [2.75, 3.05) is 5.32 Å². The van der Waals surface area contributed by atoms with Gasteiger partial charge in [0.15, 0.2) is 5.78 Å². The number of carbonyl (C=O) groups is 2. The maximum atomic E-state index is 13.4. The first kappa shape index (κ1) is 23.6. The van der Waals surface area contributed by atoms with Gasteiger partial charge in [-0.05, 0) is 49.4 Å². The van der Waals surface area contributed by atoms with Crippen molar-refractivity contribution >= 4 is 40.6 Å². The van der Waals surface area contributed by atoms with E-state index in [1.54, 1.807) is 64.2 Å². The van der Waals surface area contributed by atoms with Crippen molar-refractivity contribution in [2.45, 2.75) is 13.5 Å². The maximum absolute atomic E-state index is 13.4. The van der Waals surface area contributed by atoms with Crippen LogP contribution in [0.5, 0.6) is 0 Å². The third-order valence-electron chi connectivity index (χ3n) is 5.75. The Morgan fingerprint density at radius 1 is 1.03 bits per heavy atom. The van der Waals surface area contributed by atoms with E-state index in [9.17, 15) is 9.59 Å². The molecule has 0 aliphatic heterocycles. The summed E-state index contributed by atoms with van der Waals surface area (Å²) >= 11 is 0. The minimum absolute atomic E-state index is 0.160. The monoisotopic (exact) mass is 488 g/mol. The van der Waals surface area contributed by atoms with Crippen molar-refractivity contribution in [1.82, 2.24) is 24.5 Å². The molecule has 2 aromatic carbocycles. The van der Waals surface area contributed by atoms with Gasteiger partial charge >= 0.3 is 0 Å². The van der Waals surface area contributed by atoms with E-state index in [0.717, 1.165) is 22.3 Å². The normalized spacial score (nSPS) is 11.2. The lowest BCUT2D eigenvalue weighted by atomic mass is 10.0. The van der Waals surface area contributed by atoms with Gasteiger partial charge in [0.1, 0.15) is 5.69 Å². The third-order valence-corrected chi connectivity index (χ3v) is 5.75. The van der Waals surface area contributed by atoms with Crippen LogP contribution >= 0.6 is 0 Å². The van der Waals surface area contributed by atoms with Crippen LogP contribution in [0.1, 0.15) is 37.8 Å². The number of benzene rings is 2. The highest BCUT2D eigenvalue weighted by Gasteiger charge is 2.16. The molecule has 5 aromatic rings. The molecule has 0 aliphatic carbocycles. The Balaban J connectivity index is 1.38. The molecule has 3 heterocycles. The standard InChI is InChI=1S/C29H24N6O2/c1-3-14-35-27(16-20(2)33-35)29(37)32-25-9-6-7-21(17-25)28(36)22-10-11-23-19-31-34(26(23)18-22)15-12-24-8-4-5-13-30-24/h3-13,15-19H,1,14H2,2H3,(H,32,37). The Morgan fingerprint density at radius 2 is 1.89 bits per heavy atom. The smallest absolute Gasteiger partial charge is 0.273 e. The van der Waals surface area contributed by atoms with Crippen LogP contribution in [-0.4, -0.2) is 36.2 Å². The lowest BCUT2D eigenvalue weighted by Crippen LogP contribution is -2.17. The highest BCUT2D eigenvalue weighted by Crippen LogP contribution is 2.21. The second-order valence-electron chi connectivity index (χ2n) is 8.44. The minimum atomic E-state index is -0.308. The molecular weight excluding hydrogens is 464 g/mol. The van der Waals surface area contributed by atoms with Gasteiger partial charge in [0.2, 0.25) is 0 Å². The summed E-state index contributed by atoms with van der Waals surface area (Å²) in [5.74, 6) is -0.468. The maximum Gasteiger partial charge on any atom is 0.273 e. The predicted molar refractivity (Wildman–Crippen MR) is 144 cm³/mol. The topological polar surface area (TPSA) is 94.7 Å². The fourth-order valence-electron chi connectivity index (χ4n) is 4.01. The molecule has 0 fully saturated rings. The number of ketones is 1. The summed E-state index contributed by atoms with van der Waals surface area (Å²) < 4.78 is 3.30. The van der Waals surface area contributed by atoms with Gasteiger partial charge in [0, 0.05) is 34.6 Å². The Kier molecular flexibility index (Phi) is 6.54. The van der Waals surface area contributed by atoms with Crippen molar-refractivity contribution in [1.29, 1.82) is 0 Å². The van der Waals surface area contributed by atoms with E-state index in [4.69, 9.17) is 0 Å². The number of anilines is 1. The average Bonchev–Trinajstić information content (AvgIpc) is 3.50. The van der Waals surface area contributed by atoms with E-state index in [-0.39, 0.29) is 11.7 Å². The van der Waals surface area contributed by atoms with Crippen LogP contribution in [0.15, 0.2) is 91.8 Å². The van der Waals surface area contributed by atoms with Gasteiger partial charge in [0.05, 0.1) is 29.6 Å². The van der Waals surface area contributed by atoms with Crippen molar-refractivity contribution in [3.8, 4) is 0 Å². The minimum Gasteiger partial charge on any atom is -0.321 e. The second-order valence-corrected chi connectivity index (χ2v) is 8.44. The molecule has 8 nitrogen and oxygen atoms in total. The summed E-state index contributed by atoms with van der Waals surface area (Å²) in [6.07, 6.45) is 8.83. The molecule has 0 saturated carbocycles. The molecule has 8 heteroatoms. The molecule has 0 unspecified atom stereocenters. The number of fused-ring (bicyclic) bond motifs is 1. The van der Waals surface area contributed by atoms with Crippen LogP contribution in [0.2, 0.25) is 0 Å². The molecule has 3 aromatic heterocycles. The zero-order valence-electron chi connectivity index (χ0n) is 20.2. The van der Waals surface area contributed by atoms with Crippen LogP contribution in [0.3, 0.4) is 0 Å². The number of aromatic nitrogens is 5. The van der Waals surface area contributed by atoms with Crippen molar-refractivity contribution < 1.29 is 9.59 Å². The van der Waals surface area contributed by atoms with Crippen LogP contribution in [0.25, 0.3) is 23.2 Å². The van der Waals surface area contributed by atoms with Crippen molar-refractivity contribution in [2.24, 2.45) is 0 Å². The molecule has 37 heavy (non-hydrogen) atoms. The first-order chi connectivity index (χ1) is 18.0. The quantitative estimate of drug-likeness (QED) is 0.238. The highest BCUT2D eigenvalue weighted by molar-refractivity contribution is 6.11. The summed E-state index contributed by atoms with van der Waals surface area (Å²) in [4.78, 5) is 30.5. The third kappa shape index (κ3) is 5.13. The molecule has 0 aliphatic rings. The Hall–Kier alpha value is -5.11. The molecule has 0 atom stereocenters. The van der Waals surface area contributed by atoms with Crippen LogP contribution in [0.4, 0.5) is 5.69 Å². The van der Waals surface area contributed by atoms with Crippen LogP contribution < -0.4 is 5.32 Å². The molecule has 1 amide bonds. The SMILES string of the molecule is C=CCn1nc(C)cc1C(=O)Nc1cccc(C(=O)c2ccc3cnn(C=Cc4ccccn4)c3c2)c1. The number of carbonyl (C=O) groups excluding carboxylic acids is 2. The van der Waals surface area contributed by atoms with Gasteiger partial charge in [-0.3, -0.25) is 19.3 Å². The number of allylic oxidation sites excluding steroid dienone is 1. The summed E-state index contributed by atoms with van der Waals surface area (Å²) in [6.45, 7) is 5.96. The Labute approximate surface area is 213 Å². The second kappa shape index (κ2) is 10.2. The molecule has 0 saturated heterocycles. The lowest BCUT2D eigenvalue weighted by molar-refractivity contribution is 0.101. The number of nitrogens with zero attached hydrogens (tertiary/aromatic N) is 5. The Bertz CT molecular complexity index is 1650. The summed E-state index contributed by atoms with van der Waals surface area (Å²) in [7, 11) is 0. The van der Waals surface area contributed by atoms with E-state index >= 15 is 0 Å². The molecule has 182 valence electrons. The van der Waals surface area contributed by atoms with Gasteiger partial charge in [-0.15, -0.1) is 6.58 Å². The summed E-state index contributed by atoms with van der Waals surface area (Å²) in [6, 6.07) is 19.7. The van der Waals surface area contributed by atoms with Gasteiger partial charge < -0.3 is 5.32 Å². The fraction of sp³-hybridized carbons (Fsp3) is 0.0690. The van der Waals surface area contributed by atoms with E-state index in [1.807, 2.05) is 49.5 Å². The van der Waals surface area contributed by atoms with Gasteiger partial charge in [0.25, 0.3) is 5.91 Å². The molecule has 0 spiro atoms. The zero-order valence-corrected chi connectivity index (χ0v) is 20.2. The number of aryl methyl sites for hydroxylation is 1. The highest BCUT2D eigenvalue weighted by atomic mass is 16.2. The fourth-order valence-corrected chi connectivity index (χ4v) is 4.01. The van der Waals surface area contributed by atoms with Gasteiger partial charge in [-0.2, -0.15) is 10.2 Å². The first-order valence-electron chi connectivity index (χ1n) is 11.7. The van der Waals surface area contributed by atoms with Gasteiger partial charge in [-0.1, -0.05) is 36.4 Å². The predicted octanol–water partition coefficient (Wildman–Crippen LogP) is 5.23. The molecular formula is C29H24N6O2. The lowest BCUT2D eigenvalue weighted by Gasteiger charge is -2.09. The average molecular weight is 489 g/mol. The summed E-state index contributed by atoms with van der Waals surface area (Å²) in [5, 5.41) is 12.5. The molecule has 0 radical (unpaired) electrons. The van der Waals surface area contributed by atoms with Crippen LogP contribution in [0, 0.1) is 6.92 Å².